The topological polar surface area (TPSA) is 24.3 Å². The van der Waals surface area contributed by atoms with Crippen molar-refractivity contribution in [3.05, 3.63) is 59.7 Å². The van der Waals surface area contributed by atoms with Crippen LogP contribution in [0.3, 0.4) is 0 Å². The summed E-state index contributed by atoms with van der Waals surface area (Å²) in [5.74, 6) is 1.92. The SMILES string of the molecule is c1ccc2c(c1)nc(N1CCN(C3CCCCC3)CC1)n2Cc1ccc(C2CCCCC2)cc1. The molecule has 3 aromatic rings. The lowest BCUT2D eigenvalue weighted by atomic mass is 9.84. The molecule has 0 amide bonds. The first-order chi connectivity index (χ1) is 16.8. The molecule has 34 heavy (non-hydrogen) atoms. The average Bonchev–Trinajstić information content (AvgIpc) is 3.28. The normalized spacial score (nSPS) is 21.4. The number of piperazine rings is 1. The summed E-state index contributed by atoms with van der Waals surface area (Å²) in [6, 6.07) is 19.0. The van der Waals surface area contributed by atoms with Crippen LogP contribution in [0.25, 0.3) is 11.0 Å². The Hall–Kier alpha value is -2.33. The van der Waals surface area contributed by atoms with E-state index in [1.54, 1.807) is 0 Å². The molecule has 1 aromatic heterocycles. The van der Waals surface area contributed by atoms with Crippen LogP contribution in [-0.4, -0.2) is 46.7 Å². The Morgan fingerprint density at radius 3 is 2.12 bits per heavy atom. The molecule has 2 saturated carbocycles. The molecule has 1 saturated heterocycles. The predicted molar refractivity (Wildman–Crippen MR) is 142 cm³/mol. The number of aromatic nitrogens is 2. The fourth-order valence-corrected chi connectivity index (χ4v) is 6.71. The molecule has 6 rings (SSSR count). The van der Waals surface area contributed by atoms with E-state index in [4.69, 9.17) is 4.98 Å². The van der Waals surface area contributed by atoms with Crippen molar-refractivity contribution in [2.24, 2.45) is 0 Å². The highest BCUT2D eigenvalue weighted by molar-refractivity contribution is 5.79. The van der Waals surface area contributed by atoms with Gasteiger partial charge in [0.05, 0.1) is 17.6 Å². The third-order valence-corrected chi connectivity index (χ3v) is 8.72. The van der Waals surface area contributed by atoms with Gasteiger partial charge in [0.15, 0.2) is 0 Å². The van der Waals surface area contributed by atoms with Crippen LogP contribution in [0.5, 0.6) is 0 Å². The first-order valence-corrected chi connectivity index (χ1v) is 13.9. The average molecular weight is 457 g/mol. The minimum absolute atomic E-state index is 0.771. The Balaban J connectivity index is 1.20. The second-order valence-corrected chi connectivity index (χ2v) is 10.9. The summed E-state index contributed by atoms with van der Waals surface area (Å²) in [6.45, 7) is 5.40. The Morgan fingerprint density at radius 1 is 0.706 bits per heavy atom. The van der Waals surface area contributed by atoms with Crippen LogP contribution in [-0.2, 0) is 6.54 Å². The molecule has 0 bridgehead atoms. The van der Waals surface area contributed by atoms with E-state index in [2.05, 4.69) is 62.9 Å². The molecule has 2 heterocycles. The summed E-state index contributed by atoms with van der Waals surface area (Å²) in [7, 11) is 0. The third kappa shape index (κ3) is 4.62. The van der Waals surface area contributed by atoms with E-state index in [1.165, 1.54) is 93.9 Å². The molecule has 3 aliphatic rings. The zero-order chi connectivity index (χ0) is 22.7. The molecule has 180 valence electrons. The Labute approximate surface area is 205 Å². The molecule has 1 aliphatic heterocycles. The lowest BCUT2D eigenvalue weighted by Gasteiger charge is -2.41. The highest BCUT2D eigenvalue weighted by Crippen LogP contribution is 2.33. The van der Waals surface area contributed by atoms with Crippen LogP contribution in [0.1, 0.15) is 81.3 Å². The fourth-order valence-electron chi connectivity index (χ4n) is 6.71. The van der Waals surface area contributed by atoms with Crippen molar-refractivity contribution in [3.63, 3.8) is 0 Å². The fraction of sp³-hybridized carbons (Fsp3) is 0.567. The second-order valence-electron chi connectivity index (χ2n) is 10.9. The Bertz CT molecular complexity index is 1060. The maximum Gasteiger partial charge on any atom is 0.206 e. The van der Waals surface area contributed by atoms with E-state index in [9.17, 15) is 0 Å². The molecule has 0 N–H and O–H groups in total. The van der Waals surface area contributed by atoms with Gasteiger partial charge in [0.25, 0.3) is 0 Å². The van der Waals surface area contributed by atoms with Crippen molar-refractivity contribution in [2.45, 2.75) is 82.7 Å². The van der Waals surface area contributed by atoms with Crippen LogP contribution in [0.15, 0.2) is 48.5 Å². The molecule has 0 unspecified atom stereocenters. The van der Waals surface area contributed by atoms with Crippen molar-refractivity contribution >= 4 is 17.0 Å². The maximum absolute atomic E-state index is 5.13. The van der Waals surface area contributed by atoms with Gasteiger partial charge in [-0.2, -0.15) is 0 Å². The monoisotopic (exact) mass is 456 g/mol. The van der Waals surface area contributed by atoms with Crippen LogP contribution in [0, 0.1) is 0 Å². The molecular weight excluding hydrogens is 416 g/mol. The van der Waals surface area contributed by atoms with E-state index in [1.807, 2.05) is 0 Å². The number of imidazole rings is 1. The quantitative estimate of drug-likeness (QED) is 0.433. The minimum Gasteiger partial charge on any atom is -0.340 e. The standard InChI is InChI=1S/C30H40N4/c1-3-9-25(10-4-1)26-17-15-24(16-18-26)23-34-29-14-8-7-13-28(29)31-30(34)33-21-19-32(20-22-33)27-11-5-2-6-12-27/h7-8,13-18,25,27H,1-6,9-12,19-23H2. The largest absolute Gasteiger partial charge is 0.340 e. The number of benzene rings is 2. The van der Waals surface area contributed by atoms with E-state index >= 15 is 0 Å². The molecule has 0 radical (unpaired) electrons. The number of anilines is 1. The van der Waals surface area contributed by atoms with Crippen LogP contribution in [0.2, 0.25) is 0 Å². The third-order valence-electron chi connectivity index (χ3n) is 8.72. The summed E-state index contributed by atoms with van der Waals surface area (Å²) >= 11 is 0. The molecule has 0 spiro atoms. The van der Waals surface area contributed by atoms with E-state index < -0.39 is 0 Å². The van der Waals surface area contributed by atoms with Crippen molar-refractivity contribution in [1.29, 1.82) is 0 Å². The first kappa shape index (κ1) is 22.2. The molecule has 0 atom stereocenters. The van der Waals surface area contributed by atoms with Crippen LogP contribution in [0.4, 0.5) is 5.95 Å². The van der Waals surface area contributed by atoms with Crippen LogP contribution >= 0.6 is 0 Å². The number of fused-ring (bicyclic) bond motifs is 1. The minimum atomic E-state index is 0.771. The number of nitrogens with zero attached hydrogens (tertiary/aromatic N) is 4. The highest BCUT2D eigenvalue weighted by Gasteiger charge is 2.27. The first-order valence-electron chi connectivity index (χ1n) is 13.9. The lowest BCUT2D eigenvalue weighted by Crippen LogP contribution is -2.51. The number of para-hydroxylation sites is 2. The molecule has 2 aliphatic carbocycles. The lowest BCUT2D eigenvalue weighted by molar-refractivity contribution is 0.147. The Morgan fingerprint density at radius 2 is 1.38 bits per heavy atom. The van der Waals surface area contributed by atoms with Crippen molar-refractivity contribution < 1.29 is 0 Å². The summed E-state index contributed by atoms with van der Waals surface area (Å²) in [5, 5.41) is 0. The zero-order valence-electron chi connectivity index (χ0n) is 20.7. The van der Waals surface area contributed by atoms with Gasteiger partial charge >= 0.3 is 0 Å². The van der Waals surface area contributed by atoms with Crippen molar-refractivity contribution in [2.75, 3.05) is 31.1 Å². The summed E-state index contributed by atoms with van der Waals surface area (Å²) < 4.78 is 2.46. The van der Waals surface area contributed by atoms with Gasteiger partial charge < -0.3 is 9.47 Å². The van der Waals surface area contributed by atoms with Gasteiger partial charge in [-0.05, 0) is 54.9 Å². The van der Waals surface area contributed by atoms with Gasteiger partial charge in [0.1, 0.15) is 0 Å². The summed E-state index contributed by atoms with van der Waals surface area (Å²) in [5.41, 5.74) is 5.29. The number of hydrogen-bond acceptors (Lipinski definition) is 3. The molecular formula is C30H40N4. The van der Waals surface area contributed by atoms with Gasteiger partial charge in [0, 0.05) is 32.2 Å². The second kappa shape index (κ2) is 10.1. The summed E-state index contributed by atoms with van der Waals surface area (Å²) in [6.07, 6.45) is 14.0. The van der Waals surface area contributed by atoms with Gasteiger partial charge in [-0.25, -0.2) is 4.98 Å². The van der Waals surface area contributed by atoms with Gasteiger partial charge in [0.2, 0.25) is 5.95 Å². The predicted octanol–water partition coefficient (Wildman–Crippen LogP) is 6.59. The van der Waals surface area contributed by atoms with Crippen molar-refractivity contribution in [3.8, 4) is 0 Å². The molecule has 3 fully saturated rings. The smallest absolute Gasteiger partial charge is 0.206 e. The van der Waals surface area contributed by atoms with E-state index in [0.717, 1.165) is 43.1 Å². The van der Waals surface area contributed by atoms with Crippen molar-refractivity contribution in [1.82, 2.24) is 14.5 Å². The Kier molecular flexibility index (Phi) is 6.59. The van der Waals surface area contributed by atoms with Crippen LogP contribution < -0.4 is 4.90 Å². The van der Waals surface area contributed by atoms with Gasteiger partial charge in [-0.3, -0.25) is 4.90 Å². The van der Waals surface area contributed by atoms with E-state index in [-0.39, 0.29) is 0 Å². The zero-order valence-corrected chi connectivity index (χ0v) is 20.7. The number of hydrogen-bond donors (Lipinski definition) is 0. The maximum atomic E-state index is 5.13. The highest BCUT2D eigenvalue weighted by atomic mass is 15.4. The molecule has 2 aromatic carbocycles. The van der Waals surface area contributed by atoms with Gasteiger partial charge in [-0.1, -0.05) is 74.9 Å². The van der Waals surface area contributed by atoms with Gasteiger partial charge in [-0.15, -0.1) is 0 Å². The van der Waals surface area contributed by atoms with E-state index in [0.29, 0.717) is 0 Å². The number of rotatable bonds is 5. The summed E-state index contributed by atoms with van der Waals surface area (Å²) in [4.78, 5) is 10.4. The molecule has 4 heteroatoms. The molecule has 4 nitrogen and oxygen atoms in total.